The number of carbonyl (C=O) groups is 1. The van der Waals surface area contributed by atoms with E-state index in [1.165, 1.54) is 0 Å². The lowest BCUT2D eigenvalue weighted by Gasteiger charge is -2.26. The number of thiazole rings is 1. The van der Waals surface area contributed by atoms with Crippen LogP contribution < -0.4 is 19.7 Å². The molecule has 146 valence electrons. The summed E-state index contributed by atoms with van der Waals surface area (Å²) in [4.78, 5) is 20.2. The van der Waals surface area contributed by atoms with Gasteiger partial charge in [0.05, 0.1) is 25.2 Å². The molecule has 28 heavy (non-hydrogen) atoms. The minimum atomic E-state index is -0.0772. The lowest BCUT2D eigenvalue weighted by atomic mass is 9.91. The van der Waals surface area contributed by atoms with E-state index in [1.807, 2.05) is 18.2 Å². The number of hydrogen-bond acceptors (Lipinski definition) is 7. The van der Waals surface area contributed by atoms with Gasteiger partial charge in [-0.15, -0.1) is 6.42 Å². The predicted molar refractivity (Wildman–Crippen MR) is 108 cm³/mol. The molecule has 0 bridgehead atoms. The minimum Gasteiger partial charge on any atom is -0.493 e. The van der Waals surface area contributed by atoms with Gasteiger partial charge in [0.2, 0.25) is 5.91 Å². The Labute approximate surface area is 167 Å². The maximum absolute atomic E-state index is 12.3. The molecule has 4 rings (SSSR count). The molecule has 1 aromatic heterocycles. The molecule has 1 saturated heterocycles. The number of anilines is 2. The fourth-order valence-electron chi connectivity index (χ4n) is 3.41. The van der Waals surface area contributed by atoms with Gasteiger partial charge in [-0.3, -0.25) is 4.79 Å². The van der Waals surface area contributed by atoms with Gasteiger partial charge in [0, 0.05) is 25.4 Å². The number of hydrogen-bond donors (Lipinski definition) is 1. The Morgan fingerprint density at radius 1 is 1.39 bits per heavy atom. The van der Waals surface area contributed by atoms with E-state index in [0.29, 0.717) is 37.0 Å². The van der Waals surface area contributed by atoms with Gasteiger partial charge in [-0.25, -0.2) is 4.98 Å². The van der Waals surface area contributed by atoms with Crippen molar-refractivity contribution in [2.75, 3.05) is 50.2 Å². The van der Waals surface area contributed by atoms with E-state index in [0.717, 1.165) is 28.7 Å². The van der Waals surface area contributed by atoms with Gasteiger partial charge in [0.25, 0.3) is 0 Å². The Bertz CT molecular complexity index is 915. The molecule has 0 aliphatic carbocycles. The fraction of sp³-hybridized carbons (Fsp3) is 0.400. The van der Waals surface area contributed by atoms with E-state index in [1.54, 1.807) is 18.4 Å². The average Bonchev–Trinajstić information content (AvgIpc) is 3.16. The van der Waals surface area contributed by atoms with Crippen LogP contribution in [-0.4, -0.2) is 50.9 Å². The second-order valence-corrected chi connectivity index (χ2v) is 7.53. The summed E-state index contributed by atoms with van der Waals surface area (Å²) in [7, 11) is 1.59. The van der Waals surface area contributed by atoms with Crippen molar-refractivity contribution in [1.82, 2.24) is 4.98 Å². The van der Waals surface area contributed by atoms with Crippen LogP contribution in [0, 0.1) is 12.3 Å². The van der Waals surface area contributed by atoms with Crippen molar-refractivity contribution in [2.24, 2.45) is 0 Å². The molecule has 1 atom stereocenters. The van der Waals surface area contributed by atoms with Gasteiger partial charge in [0.1, 0.15) is 12.4 Å². The van der Waals surface area contributed by atoms with Gasteiger partial charge in [-0.2, -0.15) is 0 Å². The number of morpholine rings is 1. The highest BCUT2D eigenvalue weighted by Gasteiger charge is 2.32. The molecule has 8 heteroatoms. The lowest BCUT2D eigenvalue weighted by molar-refractivity contribution is -0.116. The SMILES string of the molecule is C#CCOc1ccc([C@@H]2CC(=O)Nc3nc(N4CCOCC4)sc32)cc1OC. The summed E-state index contributed by atoms with van der Waals surface area (Å²) in [6.07, 6.45) is 5.64. The van der Waals surface area contributed by atoms with E-state index in [4.69, 9.17) is 20.6 Å². The number of rotatable bonds is 5. The second-order valence-electron chi connectivity index (χ2n) is 6.52. The quantitative estimate of drug-likeness (QED) is 0.779. The van der Waals surface area contributed by atoms with Crippen molar-refractivity contribution in [3.05, 3.63) is 28.6 Å². The normalized spacial score (nSPS) is 18.8. The molecule has 3 heterocycles. The smallest absolute Gasteiger partial charge is 0.226 e. The topological polar surface area (TPSA) is 72.9 Å². The highest BCUT2D eigenvalue weighted by molar-refractivity contribution is 7.16. The Morgan fingerprint density at radius 2 is 2.21 bits per heavy atom. The Morgan fingerprint density at radius 3 is 2.96 bits per heavy atom. The largest absolute Gasteiger partial charge is 0.493 e. The summed E-state index contributed by atoms with van der Waals surface area (Å²) >= 11 is 1.62. The van der Waals surface area contributed by atoms with Crippen LogP contribution in [0.15, 0.2) is 18.2 Å². The summed E-state index contributed by atoms with van der Waals surface area (Å²) in [6.45, 7) is 3.16. The van der Waals surface area contributed by atoms with Crippen LogP contribution in [0.5, 0.6) is 11.5 Å². The monoisotopic (exact) mass is 399 g/mol. The summed E-state index contributed by atoms with van der Waals surface area (Å²) in [5, 5.41) is 3.83. The molecule has 2 aliphatic rings. The summed E-state index contributed by atoms with van der Waals surface area (Å²) in [5.74, 6) is 4.17. The fourth-order valence-corrected chi connectivity index (χ4v) is 4.61. The van der Waals surface area contributed by atoms with Crippen LogP contribution in [0.2, 0.25) is 0 Å². The van der Waals surface area contributed by atoms with Gasteiger partial charge >= 0.3 is 0 Å². The number of fused-ring (bicyclic) bond motifs is 1. The number of nitrogens with one attached hydrogen (secondary N) is 1. The zero-order valence-corrected chi connectivity index (χ0v) is 16.4. The predicted octanol–water partition coefficient (Wildman–Crippen LogP) is 2.47. The zero-order valence-electron chi connectivity index (χ0n) is 15.6. The van der Waals surface area contributed by atoms with E-state index in [2.05, 4.69) is 21.1 Å². The van der Waals surface area contributed by atoms with Crippen LogP contribution in [0.1, 0.15) is 22.8 Å². The minimum absolute atomic E-state index is 0.0389. The van der Waals surface area contributed by atoms with Gasteiger partial charge in [-0.05, 0) is 17.7 Å². The number of carbonyl (C=O) groups excluding carboxylic acids is 1. The Hall–Kier alpha value is -2.76. The lowest BCUT2D eigenvalue weighted by Crippen LogP contribution is -2.36. The first-order valence-electron chi connectivity index (χ1n) is 9.07. The zero-order chi connectivity index (χ0) is 19.5. The summed E-state index contributed by atoms with van der Waals surface area (Å²) < 4.78 is 16.4. The first-order chi connectivity index (χ1) is 13.7. The molecule has 2 aromatic rings. The molecular formula is C20H21N3O4S. The van der Waals surface area contributed by atoms with Crippen molar-refractivity contribution in [3.8, 4) is 23.8 Å². The number of benzene rings is 1. The standard InChI is InChI=1S/C20H21N3O4S/c1-3-8-27-15-5-4-13(11-16(15)25-2)14-12-17(24)21-19-18(14)28-20(22-19)23-6-9-26-10-7-23/h1,4-5,11,14H,6-10,12H2,2H3,(H,21,24)/t14-/m0/s1. The number of methoxy groups -OCH3 is 1. The number of terminal acetylenes is 1. The molecule has 1 amide bonds. The van der Waals surface area contributed by atoms with Gasteiger partial charge in [0.15, 0.2) is 16.6 Å². The summed E-state index contributed by atoms with van der Waals surface area (Å²) in [5.41, 5.74) is 0.984. The molecule has 0 unspecified atom stereocenters. The third-order valence-electron chi connectivity index (χ3n) is 4.79. The molecule has 0 spiro atoms. The van der Waals surface area contributed by atoms with Crippen molar-refractivity contribution in [1.29, 1.82) is 0 Å². The van der Waals surface area contributed by atoms with Crippen LogP contribution in [0.4, 0.5) is 10.9 Å². The van der Waals surface area contributed by atoms with Crippen molar-refractivity contribution in [3.63, 3.8) is 0 Å². The third kappa shape index (κ3) is 3.63. The molecular weight excluding hydrogens is 378 g/mol. The molecule has 1 aromatic carbocycles. The molecule has 1 fully saturated rings. The van der Waals surface area contributed by atoms with Crippen LogP contribution in [0.25, 0.3) is 0 Å². The van der Waals surface area contributed by atoms with E-state index in [-0.39, 0.29) is 18.4 Å². The van der Waals surface area contributed by atoms with Crippen LogP contribution in [-0.2, 0) is 9.53 Å². The molecule has 1 N–H and O–H groups in total. The van der Waals surface area contributed by atoms with Crippen LogP contribution >= 0.6 is 11.3 Å². The highest BCUT2D eigenvalue weighted by Crippen LogP contribution is 2.44. The van der Waals surface area contributed by atoms with Crippen molar-refractivity contribution in [2.45, 2.75) is 12.3 Å². The second kappa shape index (κ2) is 8.09. The van der Waals surface area contributed by atoms with Crippen LogP contribution in [0.3, 0.4) is 0 Å². The maximum atomic E-state index is 12.3. The van der Waals surface area contributed by atoms with Gasteiger partial charge < -0.3 is 24.4 Å². The molecule has 7 nitrogen and oxygen atoms in total. The maximum Gasteiger partial charge on any atom is 0.226 e. The average molecular weight is 399 g/mol. The van der Waals surface area contributed by atoms with E-state index >= 15 is 0 Å². The molecule has 2 aliphatic heterocycles. The highest BCUT2D eigenvalue weighted by atomic mass is 32.1. The first kappa shape index (κ1) is 18.6. The number of nitrogens with zero attached hydrogens (tertiary/aromatic N) is 2. The number of amides is 1. The van der Waals surface area contributed by atoms with Crippen molar-refractivity contribution >= 4 is 28.2 Å². The first-order valence-corrected chi connectivity index (χ1v) is 9.88. The van der Waals surface area contributed by atoms with Gasteiger partial charge in [-0.1, -0.05) is 23.3 Å². The van der Waals surface area contributed by atoms with Crippen molar-refractivity contribution < 1.29 is 19.0 Å². The third-order valence-corrected chi connectivity index (χ3v) is 6.02. The van der Waals surface area contributed by atoms with E-state index in [9.17, 15) is 4.79 Å². The molecule has 0 saturated carbocycles. The summed E-state index contributed by atoms with van der Waals surface area (Å²) in [6, 6.07) is 5.70. The number of ether oxygens (including phenoxy) is 3. The Kier molecular flexibility index (Phi) is 5.37. The molecule has 0 radical (unpaired) electrons. The van der Waals surface area contributed by atoms with E-state index < -0.39 is 0 Å². The number of aromatic nitrogens is 1. The Balaban J connectivity index is 1.66.